The van der Waals surface area contributed by atoms with Gasteiger partial charge in [0, 0.05) is 24.9 Å². The van der Waals surface area contributed by atoms with Gasteiger partial charge in [-0.1, -0.05) is 19.9 Å². The Hall–Kier alpha value is -1.68. The highest BCUT2D eigenvalue weighted by atomic mass is 19.1. The quantitative estimate of drug-likeness (QED) is 0.895. The molecule has 1 aromatic carbocycles. The zero-order valence-electron chi connectivity index (χ0n) is 11.7. The van der Waals surface area contributed by atoms with E-state index in [1.807, 2.05) is 32.9 Å². The maximum absolute atomic E-state index is 14.3. The molecular weight excluding hydrogens is 241 g/mol. The molecule has 102 valence electrons. The second kappa shape index (κ2) is 5.97. The lowest BCUT2D eigenvalue weighted by atomic mass is 10.1. The Morgan fingerprint density at radius 1 is 1.37 bits per heavy atom. The van der Waals surface area contributed by atoms with Crippen LogP contribution in [0, 0.1) is 5.82 Å². The number of halogens is 1. The van der Waals surface area contributed by atoms with Crippen LogP contribution in [0.15, 0.2) is 30.6 Å². The summed E-state index contributed by atoms with van der Waals surface area (Å²) in [6.07, 6.45) is 4.28. The fraction of sp³-hybridized carbons (Fsp3) is 0.400. The van der Waals surface area contributed by atoms with Crippen molar-refractivity contribution in [3.8, 4) is 5.69 Å². The zero-order valence-corrected chi connectivity index (χ0v) is 11.7. The number of rotatable bonds is 5. The van der Waals surface area contributed by atoms with Crippen LogP contribution in [0.5, 0.6) is 0 Å². The van der Waals surface area contributed by atoms with Crippen molar-refractivity contribution in [1.82, 2.24) is 14.9 Å². The first-order valence-corrected chi connectivity index (χ1v) is 6.72. The Kier molecular flexibility index (Phi) is 4.32. The van der Waals surface area contributed by atoms with Crippen molar-refractivity contribution < 1.29 is 4.39 Å². The third kappa shape index (κ3) is 2.84. The first kappa shape index (κ1) is 13.7. The van der Waals surface area contributed by atoms with Crippen LogP contribution in [-0.2, 0) is 6.42 Å². The second-order valence-corrected chi connectivity index (χ2v) is 4.56. The molecule has 1 N–H and O–H groups in total. The van der Waals surface area contributed by atoms with Crippen molar-refractivity contribution >= 4 is 0 Å². The lowest BCUT2D eigenvalue weighted by molar-refractivity contribution is 0.579. The Morgan fingerprint density at radius 3 is 2.79 bits per heavy atom. The van der Waals surface area contributed by atoms with Gasteiger partial charge in [0.2, 0.25) is 0 Å². The van der Waals surface area contributed by atoms with Gasteiger partial charge < -0.3 is 9.88 Å². The van der Waals surface area contributed by atoms with E-state index >= 15 is 0 Å². The smallest absolute Gasteiger partial charge is 0.147 e. The summed E-state index contributed by atoms with van der Waals surface area (Å²) in [6, 6.07) is 5.54. The largest absolute Gasteiger partial charge is 0.310 e. The summed E-state index contributed by atoms with van der Waals surface area (Å²) in [5.41, 5.74) is 1.52. The average molecular weight is 261 g/mol. The van der Waals surface area contributed by atoms with E-state index in [9.17, 15) is 4.39 Å². The molecule has 0 spiro atoms. The summed E-state index contributed by atoms with van der Waals surface area (Å²) in [7, 11) is 0. The molecule has 1 atom stereocenters. The lowest BCUT2D eigenvalue weighted by Crippen LogP contribution is -2.18. The highest BCUT2D eigenvalue weighted by Crippen LogP contribution is 2.20. The van der Waals surface area contributed by atoms with E-state index in [0.717, 1.165) is 24.4 Å². The molecule has 0 aliphatic carbocycles. The summed E-state index contributed by atoms with van der Waals surface area (Å²) in [6.45, 7) is 6.96. The molecule has 0 fully saturated rings. The Morgan fingerprint density at radius 2 is 2.16 bits per heavy atom. The summed E-state index contributed by atoms with van der Waals surface area (Å²) in [4.78, 5) is 4.22. The van der Waals surface area contributed by atoms with Gasteiger partial charge in [0.1, 0.15) is 11.6 Å². The Bertz CT molecular complexity index is 548. The van der Waals surface area contributed by atoms with Crippen LogP contribution in [0.2, 0.25) is 0 Å². The molecule has 2 aromatic rings. The molecule has 1 heterocycles. The molecule has 3 nitrogen and oxygen atoms in total. The Labute approximate surface area is 113 Å². The third-order valence-electron chi connectivity index (χ3n) is 3.28. The average Bonchev–Trinajstić information content (AvgIpc) is 2.87. The van der Waals surface area contributed by atoms with Crippen molar-refractivity contribution in [2.45, 2.75) is 33.2 Å². The van der Waals surface area contributed by atoms with Crippen LogP contribution in [-0.4, -0.2) is 16.1 Å². The summed E-state index contributed by atoms with van der Waals surface area (Å²) in [5.74, 6) is 0.654. The van der Waals surface area contributed by atoms with Crippen LogP contribution in [0.1, 0.15) is 38.2 Å². The van der Waals surface area contributed by atoms with Gasteiger partial charge in [0.25, 0.3) is 0 Å². The molecule has 0 aliphatic rings. The first-order valence-electron chi connectivity index (χ1n) is 6.72. The summed E-state index contributed by atoms with van der Waals surface area (Å²) < 4.78 is 16.1. The molecule has 0 amide bonds. The van der Waals surface area contributed by atoms with E-state index in [0.29, 0.717) is 5.69 Å². The minimum absolute atomic E-state index is 0.155. The fourth-order valence-electron chi connectivity index (χ4n) is 2.23. The van der Waals surface area contributed by atoms with E-state index in [-0.39, 0.29) is 11.9 Å². The van der Waals surface area contributed by atoms with Crippen LogP contribution in [0.25, 0.3) is 5.69 Å². The minimum atomic E-state index is -0.213. The van der Waals surface area contributed by atoms with E-state index in [4.69, 9.17) is 0 Å². The van der Waals surface area contributed by atoms with Crippen LogP contribution in [0.3, 0.4) is 0 Å². The van der Waals surface area contributed by atoms with Gasteiger partial charge >= 0.3 is 0 Å². The van der Waals surface area contributed by atoms with Crippen molar-refractivity contribution in [2.75, 3.05) is 6.54 Å². The predicted molar refractivity (Wildman–Crippen MR) is 75.0 cm³/mol. The van der Waals surface area contributed by atoms with Crippen molar-refractivity contribution in [2.24, 2.45) is 0 Å². The number of nitrogens with zero attached hydrogens (tertiary/aromatic N) is 2. The molecule has 0 bridgehead atoms. The highest BCUT2D eigenvalue weighted by molar-refractivity contribution is 5.38. The molecule has 0 aliphatic heterocycles. The number of hydrogen-bond donors (Lipinski definition) is 1. The van der Waals surface area contributed by atoms with Gasteiger partial charge in [0.15, 0.2) is 0 Å². The maximum Gasteiger partial charge on any atom is 0.147 e. The van der Waals surface area contributed by atoms with Crippen LogP contribution >= 0.6 is 0 Å². The lowest BCUT2D eigenvalue weighted by Gasteiger charge is -2.15. The van der Waals surface area contributed by atoms with Gasteiger partial charge in [-0.25, -0.2) is 9.37 Å². The summed E-state index contributed by atoms with van der Waals surface area (Å²) >= 11 is 0. The molecule has 0 saturated carbocycles. The monoisotopic (exact) mass is 261 g/mol. The standard InChI is InChI=1S/C15H20FN3/c1-4-15-18-8-9-19(15)14-7-6-12(10-13(14)16)11(3)17-5-2/h6-11,17H,4-5H2,1-3H3. The molecule has 2 rings (SSSR count). The predicted octanol–water partition coefficient (Wildman–Crippen LogP) is 3.24. The van der Waals surface area contributed by atoms with E-state index in [1.165, 1.54) is 0 Å². The topological polar surface area (TPSA) is 29.9 Å². The molecule has 1 aromatic heterocycles. The number of hydrogen-bond acceptors (Lipinski definition) is 2. The summed E-state index contributed by atoms with van der Waals surface area (Å²) in [5, 5.41) is 3.28. The molecule has 1 unspecified atom stereocenters. The van der Waals surface area contributed by atoms with E-state index in [1.54, 1.807) is 23.0 Å². The number of nitrogens with one attached hydrogen (secondary N) is 1. The number of imidazole rings is 1. The SMILES string of the molecule is CCNC(C)c1ccc(-n2ccnc2CC)c(F)c1. The molecular formula is C15H20FN3. The van der Waals surface area contributed by atoms with Crippen molar-refractivity contribution in [3.05, 3.63) is 47.8 Å². The van der Waals surface area contributed by atoms with E-state index < -0.39 is 0 Å². The maximum atomic E-state index is 14.3. The second-order valence-electron chi connectivity index (χ2n) is 4.56. The fourth-order valence-corrected chi connectivity index (χ4v) is 2.23. The van der Waals surface area contributed by atoms with Gasteiger partial charge in [0.05, 0.1) is 5.69 Å². The van der Waals surface area contributed by atoms with Gasteiger partial charge in [-0.3, -0.25) is 0 Å². The molecule has 0 saturated heterocycles. The normalized spacial score (nSPS) is 12.6. The third-order valence-corrected chi connectivity index (χ3v) is 3.28. The van der Waals surface area contributed by atoms with Gasteiger partial charge in [-0.2, -0.15) is 0 Å². The van der Waals surface area contributed by atoms with E-state index in [2.05, 4.69) is 10.3 Å². The van der Waals surface area contributed by atoms with Crippen LogP contribution < -0.4 is 5.32 Å². The molecule has 19 heavy (non-hydrogen) atoms. The minimum Gasteiger partial charge on any atom is -0.310 e. The van der Waals surface area contributed by atoms with Crippen molar-refractivity contribution in [3.63, 3.8) is 0 Å². The molecule has 4 heteroatoms. The van der Waals surface area contributed by atoms with Gasteiger partial charge in [-0.15, -0.1) is 0 Å². The first-order chi connectivity index (χ1) is 9.17. The number of aromatic nitrogens is 2. The van der Waals surface area contributed by atoms with Crippen molar-refractivity contribution in [1.29, 1.82) is 0 Å². The molecule has 0 radical (unpaired) electrons. The van der Waals surface area contributed by atoms with Gasteiger partial charge in [-0.05, 0) is 31.2 Å². The zero-order chi connectivity index (χ0) is 13.8. The number of benzene rings is 1. The number of aryl methyl sites for hydroxylation is 1. The Balaban J connectivity index is 2.34. The van der Waals surface area contributed by atoms with Crippen LogP contribution in [0.4, 0.5) is 4.39 Å². The highest BCUT2D eigenvalue weighted by Gasteiger charge is 2.11.